The van der Waals surface area contributed by atoms with E-state index < -0.39 is 10.0 Å². The molecule has 0 aliphatic rings. The summed E-state index contributed by atoms with van der Waals surface area (Å²) in [6.07, 6.45) is 0.0674. The summed E-state index contributed by atoms with van der Waals surface area (Å²) in [6.45, 7) is 3.88. The molecule has 0 spiro atoms. The van der Waals surface area contributed by atoms with Crippen LogP contribution in [0.15, 0.2) is 83.8 Å². The molecule has 0 bridgehead atoms. The van der Waals surface area contributed by atoms with Gasteiger partial charge < -0.3 is 10.1 Å². The molecular weight excluding hydrogens is 388 g/mol. The molecule has 0 fully saturated rings. The minimum absolute atomic E-state index is 0.0674. The van der Waals surface area contributed by atoms with E-state index in [1.165, 1.54) is 18.2 Å². The first-order valence-electron chi connectivity index (χ1n) is 9.09. The third kappa shape index (κ3) is 5.58. The fourth-order valence-corrected chi connectivity index (χ4v) is 3.70. The van der Waals surface area contributed by atoms with Gasteiger partial charge in [-0.05, 0) is 68.4 Å². The monoisotopic (exact) mass is 410 g/mol. The van der Waals surface area contributed by atoms with Crippen molar-refractivity contribution in [2.75, 3.05) is 10.0 Å². The summed E-state index contributed by atoms with van der Waals surface area (Å²) in [7, 11) is -3.73. The Kier molecular flexibility index (Phi) is 6.19. The SMILES string of the molecule is CC(C)Oc1ccc(NC(=O)c2cccc(NS(=O)(=O)c3ccccc3)c2)cc1. The van der Waals surface area contributed by atoms with Crippen molar-refractivity contribution >= 4 is 27.3 Å². The summed E-state index contributed by atoms with van der Waals surface area (Å²) >= 11 is 0. The minimum atomic E-state index is -3.73. The van der Waals surface area contributed by atoms with E-state index in [0.29, 0.717) is 16.9 Å². The van der Waals surface area contributed by atoms with Crippen molar-refractivity contribution in [1.29, 1.82) is 0 Å². The Morgan fingerprint density at radius 1 is 0.862 bits per heavy atom. The van der Waals surface area contributed by atoms with Crippen LogP contribution in [0, 0.1) is 0 Å². The number of carbonyl (C=O) groups excluding carboxylic acids is 1. The Labute approximate surface area is 170 Å². The Balaban J connectivity index is 1.71. The molecule has 0 aliphatic carbocycles. The average Bonchev–Trinajstić information content (AvgIpc) is 2.69. The normalized spacial score (nSPS) is 11.1. The van der Waals surface area contributed by atoms with Crippen LogP contribution in [0.5, 0.6) is 5.75 Å². The number of hydrogen-bond donors (Lipinski definition) is 2. The summed E-state index contributed by atoms with van der Waals surface area (Å²) in [6, 6.07) is 21.4. The molecule has 150 valence electrons. The number of hydrogen-bond acceptors (Lipinski definition) is 4. The van der Waals surface area contributed by atoms with Crippen molar-refractivity contribution in [3.05, 3.63) is 84.4 Å². The van der Waals surface area contributed by atoms with E-state index in [4.69, 9.17) is 4.74 Å². The third-order valence-corrected chi connectivity index (χ3v) is 5.31. The predicted molar refractivity (Wildman–Crippen MR) is 114 cm³/mol. The maximum Gasteiger partial charge on any atom is 0.261 e. The molecule has 3 aromatic carbocycles. The first-order chi connectivity index (χ1) is 13.8. The number of sulfonamides is 1. The zero-order valence-electron chi connectivity index (χ0n) is 16.1. The van der Waals surface area contributed by atoms with Gasteiger partial charge in [0.25, 0.3) is 15.9 Å². The molecule has 7 heteroatoms. The number of rotatable bonds is 7. The maximum atomic E-state index is 12.5. The topological polar surface area (TPSA) is 84.5 Å². The molecule has 0 heterocycles. The lowest BCUT2D eigenvalue weighted by Crippen LogP contribution is -2.15. The number of nitrogens with one attached hydrogen (secondary N) is 2. The molecule has 1 amide bonds. The highest BCUT2D eigenvalue weighted by Crippen LogP contribution is 2.20. The number of carbonyl (C=O) groups is 1. The van der Waals surface area contributed by atoms with Crippen LogP contribution in [0.1, 0.15) is 24.2 Å². The third-order valence-electron chi connectivity index (χ3n) is 3.91. The number of benzene rings is 3. The molecule has 0 aliphatic heterocycles. The second-order valence-electron chi connectivity index (χ2n) is 6.64. The lowest BCUT2D eigenvalue weighted by atomic mass is 10.2. The van der Waals surface area contributed by atoms with Crippen LogP contribution in [0.25, 0.3) is 0 Å². The fourth-order valence-electron chi connectivity index (χ4n) is 2.63. The van der Waals surface area contributed by atoms with Crippen molar-refractivity contribution in [3.8, 4) is 5.75 Å². The van der Waals surface area contributed by atoms with Gasteiger partial charge in [-0.1, -0.05) is 24.3 Å². The van der Waals surface area contributed by atoms with Gasteiger partial charge in [-0.15, -0.1) is 0 Å². The van der Waals surface area contributed by atoms with Gasteiger partial charge in [0.15, 0.2) is 0 Å². The first-order valence-corrected chi connectivity index (χ1v) is 10.6. The van der Waals surface area contributed by atoms with Gasteiger partial charge in [0.05, 0.1) is 11.0 Å². The highest BCUT2D eigenvalue weighted by molar-refractivity contribution is 7.92. The van der Waals surface area contributed by atoms with Crippen molar-refractivity contribution < 1.29 is 17.9 Å². The van der Waals surface area contributed by atoms with Crippen LogP contribution in [0.4, 0.5) is 11.4 Å². The smallest absolute Gasteiger partial charge is 0.261 e. The van der Waals surface area contributed by atoms with E-state index >= 15 is 0 Å². The van der Waals surface area contributed by atoms with Gasteiger partial charge in [-0.25, -0.2) is 8.42 Å². The lowest BCUT2D eigenvalue weighted by molar-refractivity contribution is 0.102. The molecule has 3 aromatic rings. The van der Waals surface area contributed by atoms with Crippen molar-refractivity contribution in [2.45, 2.75) is 24.8 Å². The van der Waals surface area contributed by atoms with Crippen molar-refractivity contribution in [3.63, 3.8) is 0 Å². The number of amides is 1. The van der Waals surface area contributed by atoms with Crippen molar-refractivity contribution in [2.24, 2.45) is 0 Å². The van der Waals surface area contributed by atoms with Crippen LogP contribution >= 0.6 is 0 Å². The van der Waals surface area contributed by atoms with Gasteiger partial charge in [0.1, 0.15) is 5.75 Å². The molecule has 0 saturated carbocycles. The lowest BCUT2D eigenvalue weighted by Gasteiger charge is -2.11. The molecule has 0 aromatic heterocycles. The van der Waals surface area contributed by atoms with Crippen LogP contribution in [0.3, 0.4) is 0 Å². The zero-order valence-corrected chi connectivity index (χ0v) is 16.9. The second kappa shape index (κ2) is 8.79. The molecule has 0 atom stereocenters. The average molecular weight is 410 g/mol. The summed E-state index contributed by atoms with van der Waals surface area (Å²) in [4.78, 5) is 12.7. The highest BCUT2D eigenvalue weighted by Gasteiger charge is 2.14. The summed E-state index contributed by atoms with van der Waals surface area (Å²) in [5.41, 5.74) is 1.25. The molecule has 0 saturated heterocycles. The van der Waals surface area contributed by atoms with Gasteiger partial charge in [0.2, 0.25) is 0 Å². The summed E-state index contributed by atoms with van der Waals surface area (Å²) < 4.78 is 33.0. The Morgan fingerprint density at radius 2 is 1.55 bits per heavy atom. The first kappa shape index (κ1) is 20.4. The molecule has 6 nitrogen and oxygen atoms in total. The Hall–Kier alpha value is -3.32. The zero-order chi connectivity index (χ0) is 20.9. The number of anilines is 2. The van der Waals surface area contributed by atoms with Crippen LogP contribution in [-0.2, 0) is 10.0 Å². The van der Waals surface area contributed by atoms with E-state index in [2.05, 4.69) is 10.0 Å². The maximum absolute atomic E-state index is 12.5. The molecule has 2 N–H and O–H groups in total. The standard InChI is InChI=1S/C22H22N2O4S/c1-16(2)28-20-13-11-18(12-14-20)23-22(25)17-7-6-8-19(15-17)24-29(26,27)21-9-4-3-5-10-21/h3-16,24H,1-2H3,(H,23,25). The molecule has 0 radical (unpaired) electrons. The predicted octanol–water partition coefficient (Wildman–Crippen LogP) is 4.53. The van der Waals surface area contributed by atoms with Gasteiger partial charge in [-0.2, -0.15) is 0 Å². The quantitative estimate of drug-likeness (QED) is 0.599. The van der Waals surface area contributed by atoms with E-state index in [1.807, 2.05) is 13.8 Å². The number of ether oxygens (including phenoxy) is 1. The summed E-state index contributed by atoms with van der Waals surface area (Å²) in [5, 5.41) is 2.79. The highest BCUT2D eigenvalue weighted by atomic mass is 32.2. The van der Waals surface area contributed by atoms with Crippen LogP contribution in [-0.4, -0.2) is 20.4 Å². The Morgan fingerprint density at radius 3 is 2.21 bits per heavy atom. The van der Waals surface area contributed by atoms with Gasteiger partial charge >= 0.3 is 0 Å². The molecule has 3 rings (SSSR count). The molecular formula is C22H22N2O4S. The summed E-state index contributed by atoms with van der Waals surface area (Å²) in [5.74, 6) is 0.374. The van der Waals surface area contributed by atoms with Crippen LogP contribution < -0.4 is 14.8 Å². The molecule has 0 unspecified atom stereocenters. The van der Waals surface area contributed by atoms with Gasteiger partial charge in [-0.3, -0.25) is 9.52 Å². The minimum Gasteiger partial charge on any atom is -0.491 e. The second-order valence-corrected chi connectivity index (χ2v) is 8.33. The van der Waals surface area contributed by atoms with E-state index in [9.17, 15) is 13.2 Å². The largest absolute Gasteiger partial charge is 0.491 e. The van der Waals surface area contributed by atoms with E-state index in [-0.39, 0.29) is 16.9 Å². The molecule has 29 heavy (non-hydrogen) atoms. The van der Waals surface area contributed by atoms with Crippen LogP contribution in [0.2, 0.25) is 0 Å². The van der Waals surface area contributed by atoms with E-state index in [0.717, 1.165) is 5.75 Å². The van der Waals surface area contributed by atoms with E-state index in [1.54, 1.807) is 60.7 Å². The van der Waals surface area contributed by atoms with Crippen molar-refractivity contribution in [1.82, 2.24) is 0 Å². The Bertz CT molecular complexity index is 1080. The van der Waals surface area contributed by atoms with Gasteiger partial charge in [0, 0.05) is 16.9 Å². The fraction of sp³-hybridized carbons (Fsp3) is 0.136.